The Hall–Kier alpha value is -3.71. The van der Waals surface area contributed by atoms with E-state index in [9.17, 15) is 9.59 Å². The van der Waals surface area contributed by atoms with Crippen molar-refractivity contribution >= 4 is 34.8 Å². The van der Waals surface area contributed by atoms with Crippen molar-refractivity contribution in [3.63, 3.8) is 0 Å². The van der Waals surface area contributed by atoms with Gasteiger partial charge in [0, 0.05) is 17.8 Å². The first-order valence-corrected chi connectivity index (χ1v) is 11.2. The molecule has 0 aliphatic heterocycles. The Balaban J connectivity index is 1.57. The third-order valence-corrected chi connectivity index (χ3v) is 5.00. The van der Waals surface area contributed by atoms with Crippen LogP contribution in [0.3, 0.4) is 0 Å². The second kappa shape index (κ2) is 12.4. The number of amides is 2. The van der Waals surface area contributed by atoms with E-state index in [0.717, 1.165) is 18.4 Å². The van der Waals surface area contributed by atoms with Gasteiger partial charge in [-0.05, 0) is 54.5 Å². The van der Waals surface area contributed by atoms with Crippen LogP contribution in [0.2, 0.25) is 0 Å². The maximum atomic E-state index is 12.7. The van der Waals surface area contributed by atoms with Crippen LogP contribution in [0, 0.1) is 0 Å². The van der Waals surface area contributed by atoms with Gasteiger partial charge < -0.3 is 15.4 Å². The molecule has 33 heavy (non-hydrogen) atoms. The first kappa shape index (κ1) is 23.9. The number of carbonyl (C=O) groups excluding carboxylic acids is 2. The molecule has 3 aromatic carbocycles. The van der Waals surface area contributed by atoms with Gasteiger partial charge in [0.15, 0.2) is 5.11 Å². The molecule has 0 radical (unpaired) electrons. The fraction of sp³-hybridized carbons (Fsp3) is 0.192. The summed E-state index contributed by atoms with van der Waals surface area (Å²) < 4.78 is 5.73. The summed E-state index contributed by atoms with van der Waals surface area (Å²) in [5.74, 6) is -0.0460. The predicted octanol–water partition coefficient (Wildman–Crippen LogP) is 4.92. The van der Waals surface area contributed by atoms with Crippen molar-refractivity contribution in [3.8, 4) is 5.75 Å². The minimum absolute atomic E-state index is 0.130. The average Bonchev–Trinajstić information content (AvgIpc) is 2.83. The van der Waals surface area contributed by atoms with Gasteiger partial charge >= 0.3 is 0 Å². The van der Waals surface area contributed by atoms with Gasteiger partial charge in [0.05, 0.1) is 12.2 Å². The lowest BCUT2D eigenvalue weighted by atomic mass is 10.1. The van der Waals surface area contributed by atoms with Crippen LogP contribution in [0.5, 0.6) is 5.75 Å². The maximum absolute atomic E-state index is 12.7. The van der Waals surface area contributed by atoms with E-state index in [0.29, 0.717) is 35.7 Å². The number of benzene rings is 3. The molecule has 0 saturated heterocycles. The normalized spacial score (nSPS) is 10.2. The number of thiocarbonyl (C=S) groups is 1. The van der Waals surface area contributed by atoms with Crippen molar-refractivity contribution in [1.29, 1.82) is 0 Å². The number of hydrogen-bond donors (Lipinski definition) is 3. The highest BCUT2D eigenvalue weighted by Gasteiger charge is 2.14. The van der Waals surface area contributed by atoms with E-state index in [1.807, 2.05) is 36.4 Å². The van der Waals surface area contributed by atoms with Gasteiger partial charge in [0.2, 0.25) is 0 Å². The van der Waals surface area contributed by atoms with E-state index in [1.54, 1.807) is 42.5 Å². The summed E-state index contributed by atoms with van der Waals surface area (Å²) in [5.41, 5.74) is 2.51. The summed E-state index contributed by atoms with van der Waals surface area (Å²) in [6, 6.07) is 23.7. The Kier molecular flexibility index (Phi) is 8.97. The molecule has 0 fully saturated rings. The minimum atomic E-state index is -0.364. The van der Waals surface area contributed by atoms with E-state index in [4.69, 9.17) is 17.0 Å². The van der Waals surface area contributed by atoms with Crippen LogP contribution in [-0.2, 0) is 6.54 Å². The van der Waals surface area contributed by atoms with Crippen LogP contribution in [-0.4, -0.2) is 23.5 Å². The second-order valence-electron chi connectivity index (χ2n) is 7.36. The number of unbranched alkanes of at least 4 members (excludes halogenated alkanes) is 1. The SMILES string of the molecule is CCCCOc1ccccc1C(=O)NC(=S)Nc1cccc(C(=O)NCc2ccccc2)c1. The van der Waals surface area contributed by atoms with Gasteiger partial charge in [0.25, 0.3) is 11.8 Å². The highest BCUT2D eigenvalue weighted by molar-refractivity contribution is 7.80. The largest absolute Gasteiger partial charge is 0.493 e. The smallest absolute Gasteiger partial charge is 0.261 e. The van der Waals surface area contributed by atoms with Crippen LogP contribution in [0.15, 0.2) is 78.9 Å². The molecule has 0 bridgehead atoms. The molecule has 3 rings (SSSR count). The third kappa shape index (κ3) is 7.43. The molecule has 6 nitrogen and oxygen atoms in total. The molecule has 0 unspecified atom stereocenters. The van der Waals surface area contributed by atoms with E-state index >= 15 is 0 Å². The van der Waals surface area contributed by atoms with Crippen LogP contribution >= 0.6 is 12.2 Å². The monoisotopic (exact) mass is 461 g/mol. The molecule has 0 aliphatic carbocycles. The van der Waals surface area contributed by atoms with Crippen LogP contribution in [0.1, 0.15) is 46.0 Å². The molecule has 0 heterocycles. The number of ether oxygens (including phenoxy) is 1. The van der Waals surface area contributed by atoms with Crippen molar-refractivity contribution in [2.45, 2.75) is 26.3 Å². The lowest BCUT2D eigenvalue weighted by Crippen LogP contribution is -2.34. The van der Waals surface area contributed by atoms with E-state index in [-0.39, 0.29) is 16.9 Å². The van der Waals surface area contributed by atoms with Gasteiger partial charge in [-0.3, -0.25) is 14.9 Å². The number of hydrogen-bond acceptors (Lipinski definition) is 4. The minimum Gasteiger partial charge on any atom is -0.493 e. The van der Waals surface area contributed by atoms with E-state index < -0.39 is 0 Å². The lowest BCUT2D eigenvalue weighted by Gasteiger charge is -2.13. The summed E-state index contributed by atoms with van der Waals surface area (Å²) in [6.07, 6.45) is 1.91. The predicted molar refractivity (Wildman–Crippen MR) is 135 cm³/mol. The van der Waals surface area contributed by atoms with Gasteiger partial charge in [-0.2, -0.15) is 0 Å². The molecule has 0 atom stereocenters. The summed E-state index contributed by atoms with van der Waals surface area (Å²) >= 11 is 5.30. The molecule has 0 saturated carbocycles. The van der Waals surface area contributed by atoms with Gasteiger partial charge in [-0.15, -0.1) is 0 Å². The highest BCUT2D eigenvalue weighted by Crippen LogP contribution is 2.18. The number of carbonyl (C=O) groups is 2. The molecule has 170 valence electrons. The molecular formula is C26H27N3O3S. The zero-order valence-corrected chi connectivity index (χ0v) is 19.3. The molecule has 0 aromatic heterocycles. The molecular weight excluding hydrogens is 434 g/mol. The summed E-state index contributed by atoms with van der Waals surface area (Å²) in [5, 5.41) is 8.66. The molecule has 2 amide bonds. The Labute approximate surface area is 199 Å². The van der Waals surface area contributed by atoms with Gasteiger partial charge in [-0.25, -0.2) is 0 Å². The summed E-state index contributed by atoms with van der Waals surface area (Å²) in [7, 11) is 0. The lowest BCUT2D eigenvalue weighted by molar-refractivity contribution is 0.0948. The summed E-state index contributed by atoms with van der Waals surface area (Å²) in [6.45, 7) is 3.06. The first-order valence-electron chi connectivity index (χ1n) is 10.8. The average molecular weight is 462 g/mol. The van der Waals surface area contributed by atoms with Gasteiger partial charge in [0.1, 0.15) is 5.75 Å². The first-order chi connectivity index (χ1) is 16.1. The van der Waals surface area contributed by atoms with Crippen LogP contribution < -0.4 is 20.7 Å². The van der Waals surface area contributed by atoms with Crippen molar-refractivity contribution in [1.82, 2.24) is 10.6 Å². The molecule has 7 heteroatoms. The number of nitrogens with one attached hydrogen (secondary N) is 3. The van der Waals surface area contributed by atoms with E-state index in [1.165, 1.54) is 0 Å². The quantitative estimate of drug-likeness (QED) is 0.311. The number of para-hydroxylation sites is 1. The van der Waals surface area contributed by atoms with Crippen LogP contribution in [0.4, 0.5) is 5.69 Å². The van der Waals surface area contributed by atoms with Gasteiger partial charge in [-0.1, -0.05) is 61.9 Å². The Bertz CT molecular complexity index is 1100. The van der Waals surface area contributed by atoms with Crippen molar-refractivity contribution in [3.05, 3.63) is 95.6 Å². The van der Waals surface area contributed by atoms with Crippen molar-refractivity contribution in [2.75, 3.05) is 11.9 Å². The zero-order chi connectivity index (χ0) is 23.5. The van der Waals surface area contributed by atoms with Crippen molar-refractivity contribution < 1.29 is 14.3 Å². The van der Waals surface area contributed by atoms with Crippen molar-refractivity contribution in [2.24, 2.45) is 0 Å². The number of rotatable bonds is 9. The number of anilines is 1. The zero-order valence-electron chi connectivity index (χ0n) is 18.5. The molecule has 0 aliphatic rings. The Morgan fingerprint density at radius 2 is 1.67 bits per heavy atom. The standard InChI is InChI=1S/C26H27N3O3S/c1-2-3-16-32-23-15-8-7-14-22(23)25(31)29-26(33)28-21-13-9-12-20(17-21)24(30)27-18-19-10-5-4-6-11-19/h4-15,17H,2-3,16,18H2,1H3,(H,27,30)(H2,28,29,31,33). The van der Waals surface area contributed by atoms with E-state index in [2.05, 4.69) is 22.9 Å². The molecule has 3 aromatic rings. The maximum Gasteiger partial charge on any atom is 0.261 e. The van der Waals surface area contributed by atoms with Crippen LogP contribution in [0.25, 0.3) is 0 Å². The Morgan fingerprint density at radius 1 is 0.909 bits per heavy atom. The fourth-order valence-corrected chi connectivity index (χ4v) is 3.27. The highest BCUT2D eigenvalue weighted by atomic mass is 32.1. The third-order valence-electron chi connectivity index (χ3n) is 4.79. The molecule has 3 N–H and O–H groups in total. The molecule has 0 spiro atoms. The Morgan fingerprint density at radius 3 is 2.45 bits per heavy atom. The summed E-state index contributed by atoms with van der Waals surface area (Å²) in [4.78, 5) is 25.2. The fourth-order valence-electron chi connectivity index (χ4n) is 3.06. The topological polar surface area (TPSA) is 79.5 Å². The second-order valence-corrected chi connectivity index (χ2v) is 7.76.